The summed E-state index contributed by atoms with van der Waals surface area (Å²) < 4.78 is 10.7. The van der Waals surface area contributed by atoms with E-state index in [0.29, 0.717) is 18.1 Å². The number of rotatable bonds is 7. The number of nitrogens with one attached hydrogen (secondary N) is 1. The van der Waals surface area contributed by atoms with Crippen LogP contribution in [-0.4, -0.2) is 42.4 Å². The lowest BCUT2D eigenvalue weighted by atomic mass is 10.1. The van der Waals surface area contributed by atoms with E-state index in [2.05, 4.69) is 39.4 Å². The highest BCUT2D eigenvalue weighted by molar-refractivity contribution is 5.91. The van der Waals surface area contributed by atoms with Gasteiger partial charge in [-0.15, -0.1) is 0 Å². The van der Waals surface area contributed by atoms with Crippen molar-refractivity contribution >= 4 is 17.3 Å². The van der Waals surface area contributed by atoms with Crippen LogP contribution in [0.5, 0.6) is 0 Å². The molecule has 0 radical (unpaired) electrons. The summed E-state index contributed by atoms with van der Waals surface area (Å²) in [4.78, 5) is 19.0. The van der Waals surface area contributed by atoms with Crippen LogP contribution < -0.4 is 10.2 Å². The van der Waals surface area contributed by atoms with Crippen LogP contribution in [-0.2, 0) is 22.4 Å². The first-order valence-electron chi connectivity index (χ1n) is 10.4. The SMILES string of the molecule is CCc1ccc(-c2noc(CCC(=O)Nc3ccc(N4CCOCC4)cc3)n2)cc1. The Bertz CT molecular complexity index is 961. The highest BCUT2D eigenvalue weighted by Crippen LogP contribution is 2.20. The van der Waals surface area contributed by atoms with Crippen LogP contribution in [0, 0.1) is 0 Å². The van der Waals surface area contributed by atoms with Crippen LogP contribution in [0.25, 0.3) is 11.4 Å². The molecule has 1 fully saturated rings. The molecule has 1 aliphatic rings. The topological polar surface area (TPSA) is 80.5 Å². The second kappa shape index (κ2) is 9.54. The highest BCUT2D eigenvalue weighted by Gasteiger charge is 2.13. The standard InChI is InChI=1S/C23H26N4O3/c1-2-17-3-5-18(6-4-17)23-25-22(30-26-23)12-11-21(28)24-19-7-9-20(10-8-19)27-13-15-29-16-14-27/h3-10H,2,11-16H2,1H3,(H,24,28). The van der Waals surface area contributed by atoms with Gasteiger partial charge in [0.05, 0.1) is 13.2 Å². The van der Waals surface area contributed by atoms with E-state index in [1.807, 2.05) is 36.4 Å². The van der Waals surface area contributed by atoms with Gasteiger partial charge in [0, 0.05) is 42.9 Å². The smallest absolute Gasteiger partial charge is 0.227 e. The molecule has 1 aromatic heterocycles. The number of amides is 1. The van der Waals surface area contributed by atoms with E-state index < -0.39 is 0 Å². The third kappa shape index (κ3) is 5.04. The molecule has 0 aliphatic carbocycles. The molecule has 7 nitrogen and oxygen atoms in total. The van der Waals surface area contributed by atoms with Crippen LogP contribution in [0.2, 0.25) is 0 Å². The fourth-order valence-corrected chi connectivity index (χ4v) is 3.38. The van der Waals surface area contributed by atoms with Crippen molar-refractivity contribution in [1.29, 1.82) is 0 Å². The number of aryl methyl sites for hydroxylation is 2. The maximum absolute atomic E-state index is 12.3. The van der Waals surface area contributed by atoms with Crippen molar-refractivity contribution in [2.24, 2.45) is 0 Å². The maximum Gasteiger partial charge on any atom is 0.227 e. The molecule has 0 saturated carbocycles. The van der Waals surface area contributed by atoms with E-state index in [1.54, 1.807) is 0 Å². The maximum atomic E-state index is 12.3. The number of benzene rings is 2. The van der Waals surface area contributed by atoms with Crippen molar-refractivity contribution in [2.45, 2.75) is 26.2 Å². The molecule has 7 heteroatoms. The van der Waals surface area contributed by atoms with Gasteiger partial charge in [0.15, 0.2) is 0 Å². The van der Waals surface area contributed by atoms with Crippen molar-refractivity contribution in [3.05, 3.63) is 60.0 Å². The Balaban J connectivity index is 1.28. The Morgan fingerprint density at radius 3 is 2.50 bits per heavy atom. The number of anilines is 2. The van der Waals surface area contributed by atoms with Crippen molar-refractivity contribution < 1.29 is 14.1 Å². The first-order chi connectivity index (χ1) is 14.7. The minimum Gasteiger partial charge on any atom is -0.378 e. The van der Waals surface area contributed by atoms with Gasteiger partial charge < -0.3 is 19.5 Å². The molecule has 1 amide bonds. The molecule has 0 unspecified atom stereocenters. The minimum atomic E-state index is -0.0822. The second-order valence-corrected chi connectivity index (χ2v) is 7.26. The van der Waals surface area contributed by atoms with Gasteiger partial charge in [-0.3, -0.25) is 4.79 Å². The number of hydrogen-bond acceptors (Lipinski definition) is 6. The quantitative estimate of drug-likeness (QED) is 0.644. The largest absolute Gasteiger partial charge is 0.378 e. The van der Waals surface area contributed by atoms with Gasteiger partial charge in [-0.05, 0) is 36.2 Å². The average Bonchev–Trinajstić information content (AvgIpc) is 3.28. The summed E-state index contributed by atoms with van der Waals surface area (Å²) >= 11 is 0. The van der Waals surface area contributed by atoms with E-state index in [4.69, 9.17) is 9.26 Å². The van der Waals surface area contributed by atoms with E-state index in [0.717, 1.165) is 49.7 Å². The van der Waals surface area contributed by atoms with E-state index in [9.17, 15) is 4.79 Å². The molecular formula is C23H26N4O3. The summed E-state index contributed by atoms with van der Waals surface area (Å²) in [7, 11) is 0. The molecule has 1 N–H and O–H groups in total. The van der Waals surface area contributed by atoms with Crippen LogP contribution in [0.3, 0.4) is 0 Å². The van der Waals surface area contributed by atoms with Crippen LogP contribution in [0.15, 0.2) is 53.1 Å². The average molecular weight is 406 g/mol. The number of ether oxygens (including phenoxy) is 1. The molecule has 0 atom stereocenters. The molecule has 3 aromatic rings. The van der Waals surface area contributed by atoms with Gasteiger partial charge in [-0.1, -0.05) is 36.3 Å². The molecule has 2 heterocycles. The van der Waals surface area contributed by atoms with Gasteiger partial charge in [-0.2, -0.15) is 4.98 Å². The fraction of sp³-hybridized carbons (Fsp3) is 0.348. The summed E-state index contributed by atoms with van der Waals surface area (Å²) in [5, 5.41) is 6.95. The minimum absolute atomic E-state index is 0.0822. The lowest BCUT2D eigenvalue weighted by molar-refractivity contribution is -0.116. The number of hydrogen-bond donors (Lipinski definition) is 1. The van der Waals surface area contributed by atoms with Gasteiger partial charge >= 0.3 is 0 Å². The molecule has 1 saturated heterocycles. The number of nitrogens with zero attached hydrogens (tertiary/aromatic N) is 3. The molecular weight excluding hydrogens is 380 g/mol. The zero-order chi connectivity index (χ0) is 20.8. The van der Waals surface area contributed by atoms with E-state index >= 15 is 0 Å². The van der Waals surface area contributed by atoms with Crippen molar-refractivity contribution in [1.82, 2.24) is 10.1 Å². The Labute approximate surface area is 176 Å². The third-order valence-electron chi connectivity index (χ3n) is 5.18. The molecule has 4 rings (SSSR count). The Morgan fingerprint density at radius 1 is 1.07 bits per heavy atom. The lowest BCUT2D eigenvalue weighted by Crippen LogP contribution is -2.36. The van der Waals surface area contributed by atoms with Crippen LogP contribution >= 0.6 is 0 Å². The Hall–Kier alpha value is -3.19. The highest BCUT2D eigenvalue weighted by atomic mass is 16.5. The molecule has 30 heavy (non-hydrogen) atoms. The predicted molar refractivity (Wildman–Crippen MR) is 116 cm³/mol. The van der Waals surface area contributed by atoms with E-state index in [-0.39, 0.29) is 12.3 Å². The predicted octanol–water partition coefficient (Wildman–Crippen LogP) is 3.71. The number of carbonyl (C=O) groups excluding carboxylic acids is 1. The monoisotopic (exact) mass is 406 g/mol. The first-order valence-corrected chi connectivity index (χ1v) is 10.4. The Kier molecular flexibility index (Phi) is 6.39. The van der Waals surface area contributed by atoms with Crippen molar-refractivity contribution in [3.63, 3.8) is 0 Å². The van der Waals surface area contributed by atoms with Gasteiger partial charge in [0.25, 0.3) is 0 Å². The van der Waals surface area contributed by atoms with Crippen LogP contribution in [0.1, 0.15) is 24.8 Å². The van der Waals surface area contributed by atoms with Gasteiger partial charge in [-0.25, -0.2) is 0 Å². The third-order valence-corrected chi connectivity index (χ3v) is 5.18. The molecule has 0 bridgehead atoms. The zero-order valence-electron chi connectivity index (χ0n) is 17.1. The molecule has 156 valence electrons. The summed E-state index contributed by atoms with van der Waals surface area (Å²) in [5.74, 6) is 0.926. The van der Waals surface area contributed by atoms with Gasteiger partial charge in [0.1, 0.15) is 0 Å². The van der Waals surface area contributed by atoms with Gasteiger partial charge in [0.2, 0.25) is 17.6 Å². The normalized spacial score (nSPS) is 14.0. The molecule has 2 aromatic carbocycles. The lowest BCUT2D eigenvalue weighted by Gasteiger charge is -2.28. The number of carbonyl (C=O) groups is 1. The van der Waals surface area contributed by atoms with Crippen LogP contribution in [0.4, 0.5) is 11.4 Å². The Morgan fingerprint density at radius 2 is 1.80 bits per heavy atom. The van der Waals surface area contributed by atoms with Crippen molar-refractivity contribution in [3.8, 4) is 11.4 Å². The second-order valence-electron chi connectivity index (χ2n) is 7.26. The summed E-state index contributed by atoms with van der Waals surface area (Å²) in [6.45, 7) is 5.39. The zero-order valence-corrected chi connectivity index (χ0v) is 17.1. The number of morpholine rings is 1. The molecule has 1 aliphatic heterocycles. The fourth-order valence-electron chi connectivity index (χ4n) is 3.38. The number of aromatic nitrogens is 2. The molecule has 0 spiro atoms. The first kappa shape index (κ1) is 20.1. The summed E-state index contributed by atoms with van der Waals surface area (Å²) in [6, 6.07) is 16.0. The van der Waals surface area contributed by atoms with Crippen molar-refractivity contribution in [2.75, 3.05) is 36.5 Å². The summed E-state index contributed by atoms with van der Waals surface area (Å²) in [6.07, 6.45) is 1.67. The summed E-state index contributed by atoms with van der Waals surface area (Å²) in [5.41, 5.74) is 4.09. The van der Waals surface area contributed by atoms with E-state index in [1.165, 1.54) is 5.56 Å².